The molecule has 0 aliphatic rings. The maximum atomic E-state index is 12.2. The predicted octanol–water partition coefficient (Wildman–Crippen LogP) is 3.28. The third kappa shape index (κ3) is 2.26. The van der Waals surface area contributed by atoms with Crippen molar-refractivity contribution >= 4 is 40.1 Å². The minimum atomic E-state index is -0.235. The standard InChI is InChI=1S/C14H10ClN3OS/c1-9-8-20-14-17-11(12(15)13(19)18(9)14)5-4-10-3-2-6-16-7-10/h2-8H,1H3. The number of aryl methyl sites for hydroxylation is 1. The molecule has 0 aliphatic carbocycles. The second-order valence-corrected chi connectivity index (χ2v) is 5.45. The molecule has 20 heavy (non-hydrogen) atoms. The lowest BCUT2D eigenvalue weighted by Gasteiger charge is -2.00. The Balaban J connectivity index is 2.11. The fraction of sp³-hybridized carbons (Fsp3) is 0.0714. The van der Waals surface area contributed by atoms with Gasteiger partial charge in [0.1, 0.15) is 5.02 Å². The Morgan fingerprint density at radius 3 is 3.00 bits per heavy atom. The van der Waals surface area contributed by atoms with Crippen molar-refractivity contribution in [2.24, 2.45) is 0 Å². The van der Waals surface area contributed by atoms with Crippen molar-refractivity contribution in [2.75, 3.05) is 0 Å². The van der Waals surface area contributed by atoms with E-state index in [1.54, 1.807) is 18.5 Å². The number of pyridine rings is 1. The Kier molecular flexibility index (Phi) is 3.38. The van der Waals surface area contributed by atoms with Crippen molar-refractivity contribution in [3.63, 3.8) is 0 Å². The molecular formula is C14H10ClN3OS. The normalized spacial score (nSPS) is 11.5. The van der Waals surface area contributed by atoms with Crippen LogP contribution < -0.4 is 5.56 Å². The average Bonchev–Trinajstić information content (AvgIpc) is 2.84. The van der Waals surface area contributed by atoms with E-state index in [9.17, 15) is 4.79 Å². The monoisotopic (exact) mass is 303 g/mol. The van der Waals surface area contributed by atoms with Crippen molar-refractivity contribution in [3.8, 4) is 0 Å². The molecule has 0 atom stereocenters. The van der Waals surface area contributed by atoms with Crippen molar-refractivity contribution in [2.45, 2.75) is 6.92 Å². The van der Waals surface area contributed by atoms with Gasteiger partial charge in [-0.1, -0.05) is 23.7 Å². The van der Waals surface area contributed by atoms with Crippen LogP contribution in [0, 0.1) is 6.92 Å². The molecule has 4 nitrogen and oxygen atoms in total. The van der Waals surface area contributed by atoms with Crippen LogP contribution in [0.15, 0.2) is 34.7 Å². The van der Waals surface area contributed by atoms with Gasteiger partial charge in [0.2, 0.25) is 0 Å². The Hall–Kier alpha value is -1.98. The molecular weight excluding hydrogens is 294 g/mol. The van der Waals surface area contributed by atoms with Crippen molar-refractivity contribution < 1.29 is 0 Å². The lowest BCUT2D eigenvalue weighted by atomic mass is 10.2. The van der Waals surface area contributed by atoms with Crippen LogP contribution in [-0.2, 0) is 0 Å². The number of halogens is 1. The van der Waals surface area contributed by atoms with Gasteiger partial charge in [-0.2, -0.15) is 0 Å². The summed E-state index contributed by atoms with van der Waals surface area (Å²) in [6, 6.07) is 3.76. The van der Waals surface area contributed by atoms with E-state index >= 15 is 0 Å². The Morgan fingerprint density at radius 2 is 2.25 bits per heavy atom. The molecule has 0 radical (unpaired) electrons. The SMILES string of the molecule is Cc1csc2nc(C=Cc3cccnc3)c(Cl)c(=O)n12. The maximum absolute atomic E-state index is 12.2. The third-order valence-electron chi connectivity index (χ3n) is 2.83. The fourth-order valence-corrected chi connectivity index (χ4v) is 2.89. The van der Waals surface area contributed by atoms with Crippen molar-refractivity contribution in [1.82, 2.24) is 14.4 Å². The number of nitrogens with zero attached hydrogens (tertiary/aromatic N) is 3. The summed E-state index contributed by atoms with van der Waals surface area (Å²) >= 11 is 7.53. The van der Waals surface area contributed by atoms with E-state index < -0.39 is 0 Å². The highest BCUT2D eigenvalue weighted by Crippen LogP contribution is 2.18. The fourth-order valence-electron chi connectivity index (χ4n) is 1.84. The van der Waals surface area contributed by atoms with Crippen LogP contribution in [0.25, 0.3) is 17.1 Å². The third-order valence-corrected chi connectivity index (χ3v) is 4.13. The zero-order valence-electron chi connectivity index (χ0n) is 10.6. The summed E-state index contributed by atoms with van der Waals surface area (Å²) in [7, 11) is 0. The molecule has 0 amide bonds. The summed E-state index contributed by atoms with van der Waals surface area (Å²) in [5.74, 6) is 0. The lowest BCUT2D eigenvalue weighted by Crippen LogP contribution is -2.16. The van der Waals surface area contributed by atoms with Crippen LogP contribution in [-0.4, -0.2) is 14.4 Å². The predicted molar refractivity (Wildman–Crippen MR) is 82.3 cm³/mol. The van der Waals surface area contributed by atoms with Crippen LogP contribution in [0.2, 0.25) is 5.02 Å². The molecule has 6 heteroatoms. The Labute approximate surface area is 124 Å². The molecule has 100 valence electrons. The number of thiazole rings is 1. The molecule has 3 aromatic rings. The summed E-state index contributed by atoms with van der Waals surface area (Å²) in [5.41, 5.74) is 2.00. The van der Waals surface area contributed by atoms with E-state index in [0.717, 1.165) is 11.3 Å². The van der Waals surface area contributed by atoms with E-state index in [4.69, 9.17) is 11.6 Å². The molecule has 3 heterocycles. The zero-order valence-corrected chi connectivity index (χ0v) is 12.1. The van der Waals surface area contributed by atoms with Crippen LogP contribution >= 0.6 is 22.9 Å². The average molecular weight is 304 g/mol. The number of rotatable bonds is 2. The highest BCUT2D eigenvalue weighted by Gasteiger charge is 2.11. The summed E-state index contributed by atoms with van der Waals surface area (Å²) in [4.78, 5) is 21.3. The van der Waals surface area contributed by atoms with Gasteiger partial charge in [-0.3, -0.25) is 14.2 Å². The second-order valence-electron chi connectivity index (χ2n) is 4.23. The largest absolute Gasteiger partial charge is 0.278 e. The zero-order chi connectivity index (χ0) is 14.1. The van der Waals surface area contributed by atoms with Gasteiger partial charge < -0.3 is 0 Å². The number of hydrogen-bond donors (Lipinski definition) is 0. The van der Waals surface area contributed by atoms with E-state index in [2.05, 4.69) is 9.97 Å². The number of hydrogen-bond acceptors (Lipinski definition) is 4. The first kappa shape index (κ1) is 13.0. The molecule has 3 aromatic heterocycles. The van der Waals surface area contributed by atoms with Crippen LogP contribution in [0.1, 0.15) is 17.0 Å². The van der Waals surface area contributed by atoms with Gasteiger partial charge in [-0.25, -0.2) is 4.98 Å². The Morgan fingerprint density at radius 1 is 1.40 bits per heavy atom. The minimum Gasteiger partial charge on any atom is -0.267 e. The van der Waals surface area contributed by atoms with Gasteiger partial charge in [0, 0.05) is 23.5 Å². The van der Waals surface area contributed by atoms with Gasteiger partial charge in [-0.15, -0.1) is 11.3 Å². The molecule has 0 N–H and O–H groups in total. The molecule has 0 saturated heterocycles. The van der Waals surface area contributed by atoms with Crippen LogP contribution in [0.4, 0.5) is 0 Å². The smallest absolute Gasteiger partial charge is 0.267 e. The van der Waals surface area contributed by atoms with E-state index in [0.29, 0.717) is 10.7 Å². The molecule has 0 fully saturated rings. The van der Waals surface area contributed by atoms with E-state index in [1.165, 1.54) is 15.7 Å². The first-order valence-electron chi connectivity index (χ1n) is 5.91. The molecule has 0 saturated carbocycles. The summed E-state index contributed by atoms with van der Waals surface area (Å²) in [6.07, 6.45) is 6.99. The topological polar surface area (TPSA) is 47.3 Å². The van der Waals surface area contributed by atoms with Gasteiger partial charge in [0.15, 0.2) is 4.96 Å². The quantitative estimate of drug-likeness (QED) is 0.730. The van der Waals surface area contributed by atoms with Crippen LogP contribution in [0.3, 0.4) is 0 Å². The van der Waals surface area contributed by atoms with E-state index in [-0.39, 0.29) is 10.6 Å². The Bertz CT molecular complexity index is 852. The first-order valence-corrected chi connectivity index (χ1v) is 7.17. The number of fused-ring (bicyclic) bond motifs is 1. The summed E-state index contributed by atoms with van der Waals surface area (Å²) in [6.45, 7) is 1.86. The molecule has 0 spiro atoms. The minimum absolute atomic E-state index is 0.129. The van der Waals surface area contributed by atoms with Crippen molar-refractivity contribution in [3.05, 3.63) is 62.2 Å². The summed E-state index contributed by atoms with van der Waals surface area (Å²) in [5, 5.41) is 2.01. The maximum Gasteiger partial charge on any atom is 0.278 e. The van der Waals surface area contributed by atoms with E-state index in [1.807, 2.05) is 30.5 Å². The summed E-state index contributed by atoms with van der Waals surface area (Å²) < 4.78 is 1.52. The molecule has 3 rings (SSSR count). The van der Waals surface area contributed by atoms with Crippen molar-refractivity contribution in [1.29, 1.82) is 0 Å². The van der Waals surface area contributed by atoms with Gasteiger partial charge in [0.05, 0.1) is 5.69 Å². The number of aromatic nitrogens is 3. The van der Waals surface area contributed by atoms with Crippen LogP contribution in [0.5, 0.6) is 0 Å². The van der Waals surface area contributed by atoms with Gasteiger partial charge in [-0.05, 0) is 24.6 Å². The highest BCUT2D eigenvalue weighted by molar-refractivity contribution is 7.15. The highest BCUT2D eigenvalue weighted by atomic mass is 35.5. The molecule has 0 aromatic carbocycles. The molecule has 0 unspecified atom stereocenters. The van der Waals surface area contributed by atoms with Gasteiger partial charge >= 0.3 is 0 Å². The second kappa shape index (κ2) is 5.19. The molecule has 0 aliphatic heterocycles. The first-order chi connectivity index (χ1) is 9.66. The van der Waals surface area contributed by atoms with Gasteiger partial charge in [0.25, 0.3) is 5.56 Å². The molecule has 0 bridgehead atoms. The lowest BCUT2D eigenvalue weighted by molar-refractivity contribution is 1.02.